The lowest BCUT2D eigenvalue weighted by Gasteiger charge is -2.14. The summed E-state index contributed by atoms with van der Waals surface area (Å²) in [5, 5.41) is 11.3. The molecule has 0 aliphatic heterocycles. The number of terminal acetylenes is 1. The average molecular weight is 210 g/mol. The number of carbonyl (C=O) groups is 1. The molecule has 5 heteroatoms. The van der Waals surface area contributed by atoms with Gasteiger partial charge in [0.15, 0.2) is 0 Å². The Hall–Kier alpha value is -1.38. The van der Waals surface area contributed by atoms with Crippen molar-refractivity contribution in [3.63, 3.8) is 0 Å². The monoisotopic (exact) mass is 210 g/mol. The summed E-state index contributed by atoms with van der Waals surface area (Å²) in [6, 6.07) is 0. The van der Waals surface area contributed by atoms with Crippen LogP contribution in [-0.2, 0) is 11.3 Å². The van der Waals surface area contributed by atoms with Gasteiger partial charge in [-0.15, -0.1) is 17.8 Å². The van der Waals surface area contributed by atoms with Crippen LogP contribution in [0.5, 0.6) is 0 Å². The van der Waals surface area contributed by atoms with Crippen molar-refractivity contribution in [3.05, 3.63) is 16.6 Å². The van der Waals surface area contributed by atoms with Gasteiger partial charge in [0.2, 0.25) is 0 Å². The zero-order valence-corrected chi connectivity index (χ0v) is 8.33. The van der Waals surface area contributed by atoms with Crippen LogP contribution < -0.4 is 0 Å². The molecule has 0 atom stereocenters. The van der Waals surface area contributed by atoms with Gasteiger partial charge in [0, 0.05) is 11.6 Å². The van der Waals surface area contributed by atoms with E-state index >= 15 is 0 Å². The molecule has 0 aromatic carbocycles. The third-order valence-corrected chi connectivity index (χ3v) is 2.28. The van der Waals surface area contributed by atoms with Crippen LogP contribution in [0.4, 0.5) is 0 Å². The highest BCUT2D eigenvalue weighted by atomic mass is 32.1. The summed E-state index contributed by atoms with van der Waals surface area (Å²) < 4.78 is 0. The van der Waals surface area contributed by atoms with Crippen molar-refractivity contribution in [1.82, 2.24) is 9.88 Å². The topological polar surface area (TPSA) is 53.4 Å². The summed E-state index contributed by atoms with van der Waals surface area (Å²) in [5.41, 5.74) is 0. The number of thiazole rings is 1. The highest BCUT2D eigenvalue weighted by molar-refractivity contribution is 7.09. The first-order chi connectivity index (χ1) is 6.72. The Morgan fingerprint density at radius 3 is 3.07 bits per heavy atom. The normalized spacial score (nSPS) is 10.0. The maximum Gasteiger partial charge on any atom is 0.317 e. The number of rotatable bonds is 5. The molecule has 14 heavy (non-hydrogen) atoms. The van der Waals surface area contributed by atoms with E-state index in [1.165, 1.54) is 11.3 Å². The van der Waals surface area contributed by atoms with Crippen molar-refractivity contribution in [1.29, 1.82) is 0 Å². The number of carboxylic acids is 1. The predicted molar refractivity (Wildman–Crippen MR) is 53.9 cm³/mol. The molecule has 4 nitrogen and oxygen atoms in total. The van der Waals surface area contributed by atoms with Gasteiger partial charge in [-0.3, -0.25) is 9.69 Å². The van der Waals surface area contributed by atoms with E-state index in [1.807, 2.05) is 5.38 Å². The van der Waals surface area contributed by atoms with Gasteiger partial charge in [-0.25, -0.2) is 4.98 Å². The lowest BCUT2D eigenvalue weighted by molar-refractivity contribution is -0.138. The third kappa shape index (κ3) is 3.56. The van der Waals surface area contributed by atoms with Crippen LogP contribution in [0.1, 0.15) is 5.01 Å². The van der Waals surface area contributed by atoms with Gasteiger partial charge in [0.05, 0.1) is 19.6 Å². The fourth-order valence-corrected chi connectivity index (χ4v) is 1.67. The SMILES string of the molecule is C#CCN(CC(=O)O)Cc1nccs1. The minimum Gasteiger partial charge on any atom is -0.480 e. The molecule has 0 bridgehead atoms. The molecule has 0 amide bonds. The lowest BCUT2D eigenvalue weighted by atomic mass is 10.4. The van der Waals surface area contributed by atoms with Crippen LogP contribution in [0.15, 0.2) is 11.6 Å². The number of carboxylic acid groups (broad SMARTS) is 1. The predicted octanol–water partition coefficient (Wildman–Crippen LogP) is 0.663. The van der Waals surface area contributed by atoms with Crippen LogP contribution in [0, 0.1) is 12.3 Å². The van der Waals surface area contributed by atoms with Crippen molar-refractivity contribution < 1.29 is 9.90 Å². The first kappa shape index (κ1) is 10.7. The molecule has 0 fully saturated rings. The fourth-order valence-electron chi connectivity index (χ4n) is 1.01. The van der Waals surface area contributed by atoms with Gasteiger partial charge in [-0.05, 0) is 0 Å². The maximum absolute atomic E-state index is 10.5. The Kier molecular flexibility index (Phi) is 4.11. The van der Waals surface area contributed by atoms with Gasteiger partial charge in [0.25, 0.3) is 0 Å². The smallest absolute Gasteiger partial charge is 0.317 e. The van der Waals surface area contributed by atoms with Crippen molar-refractivity contribution in [2.45, 2.75) is 6.54 Å². The maximum atomic E-state index is 10.5. The van der Waals surface area contributed by atoms with Crippen LogP contribution in [-0.4, -0.2) is 34.0 Å². The Balaban J connectivity index is 2.52. The molecular formula is C9H10N2O2S. The van der Waals surface area contributed by atoms with Gasteiger partial charge in [-0.2, -0.15) is 0 Å². The molecule has 0 aliphatic carbocycles. The fraction of sp³-hybridized carbons (Fsp3) is 0.333. The molecule has 1 aromatic rings. The van der Waals surface area contributed by atoms with Crippen molar-refractivity contribution in [3.8, 4) is 12.3 Å². The van der Waals surface area contributed by atoms with E-state index in [9.17, 15) is 4.79 Å². The molecule has 74 valence electrons. The van der Waals surface area contributed by atoms with Gasteiger partial charge >= 0.3 is 5.97 Å². The van der Waals surface area contributed by atoms with Crippen LogP contribution in [0.2, 0.25) is 0 Å². The molecule has 0 aliphatic rings. The van der Waals surface area contributed by atoms with Crippen LogP contribution in [0.25, 0.3) is 0 Å². The molecular weight excluding hydrogens is 200 g/mol. The summed E-state index contributed by atoms with van der Waals surface area (Å²) in [7, 11) is 0. The summed E-state index contributed by atoms with van der Waals surface area (Å²) in [5.74, 6) is 1.55. The quantitative estimate of drug-likeness (QED) is 0.725. The second-order valence-electron chi connectivity index (χ2n) is 2.67. The molecule has 1 aromatic heterocycles. The minimum atomic E-state index is -0.878. The number of aromatic nitrogens is 1. The summed E-state index contributed by atoms with van der Waals surface area (Å²) in [4.78, 5) is 16.2. The molecule has 1 rings (SSSR count). The van der Waals surface area contributed by atoms with Crippen LogP contribution >= 0.6 is 11.3 Å². The highest BCUT2D eigenvalue weighted by Crippen LogP contribution is 2.07. The first-order valence-electron chi connectivity index (χ1n) is 3.98. The number of nitrogens with zero attached hydrogens (tertiary/aromatic N) is 2. The van der Waals surface area contributed by atoms with Gasteiger partial charge < -0.3 is 5.11 Å². The van der Waals surface area contributed by atoms with E-state index in [0.29, 0.717) is 13.1 Å². The highest BCUT2D eigenvalue weighted by Gasteiger charge is 2.09. The van der Waals surface area contributed by atoms with Crippen molar-refractivity contribution >= 4 is 17.3 Å². The number of hydrogen-bond acceptors (Lipinski definition) is 4. The standard InChI is InChI=1S/C9H10N2O2S/c1-2-4-11(7-9(12)13)6-8-10-3-5-14-8/h1,3,5H,4,6-7H2,(H,12,13). The van der Waals surface area contributed by atoms with Crippen molar-refractivity contribution in [2.75, 3.05) is 13.1 Å². The second kappa shape index (κ2) is 5.37. The summed E-state index contributed by atoms with van der Waals surface area (Å²) in [6.45, 7) is 0.768. The Labute approximate surface area is 86.2 Å². The third-order valence-electron chi connectivity index (χ3n) is 1.52. The average Bonchev–Trinajstić information content (AvgIpc) is 2.56. The number of aliphatic carboxylic acids is 1. The van der Waals surface area contributed by atoms with E-state index in [1.54, 1.807) is 11.1 Å². The molecule has 1 N–H and O–H groups in total. The Morgan fingerprint density at radius 1 is 1.79 bits per heavy atom. The summed E-state index contributed by atoms with van der Waals surface area (Å²) in [6.07, 6.45) is 6.82. The van der Waals surface area contributed by atoms with Crippen molar-refractivity contribution in [2.24, 2.45) is 0 Å². The van der Waals surface area contributed by atoms with E-state index in [0.717, 1.165) is 5.01 Å². The molecule has 0 unspecified atom stereocenters. The second-order valence-corrected chi connectivity index (χ2v) is 3.65. The van der Waals surface area contributed by atoms with E-state index in [4.69, 9.17) is 11.5 Å². The largest absolute Gasteiger partial charge is 0.480 e. The Morgan fingerprint density at radius 2 is 2.57 bits per heavy atom. The minimum absolute atomic E-state index is 0.0518. The Bertz CT molecular complexity index is 329. The number of hydrogen-bond donors (Lipinski definition) is 1. The molecule has 0 saturated heterocycles. The zero-order valence-electron chi connectivity index (χ0n) is 7.51. The van der Waals surface area contributed by atoms with Gasteiger partial charge in [0.1, 0.15) is 5.01 Å². The zero-order chi connectivity index (χ0) is 10.4. The molecule has 1 heterocycles. The lowest BCUT2D eigenvalue weighted by Crippen LogP contribution is -2.29. The van der Waals surface area contributed by atoms with E-state index in [2.05, 4.69) is 10.9 Å². The van der Waals surface area contributed by atoms with Crippen LogP contribution in [0.3, 0.4) is 0 Å². The van der Waals surface area contributed by atoms with E-state index in [-0.39, 0.29) is 6.54 Å². The van der Waals surface area contributed by atoms with Gasteiger partial charge in [-0.1, -0.05) is 5.92 Å². The molecule has 0 spiro atoms. The molecule has 0 saturated carbocycles. The summed E-state index contributed by atoms with van der Waals surface area (Å²) >= 11 is 1.49. The first-order valence-corrected chi connectivity index (χ1v) is 4.86. The van der Waals surface area contributed by atoms with E-state index < -0.39 is 5.97 Å². The molecule has 0 radical (unpaired) electrons.